The van der Waals surface area contributed by atoms with Gasteiger partial charge in [-0.25, -0.2) is 0 Å². The second-order valence-electron chi connectivity index (χ2n) is 5.00. The number of carbonyl (C=O) groups is 1. The van der Waals surface area contributed by atoms with Crippen LogP contribution in [0.5, 0.6) is 0 Å². The Morgan fingerprint density at radius 1 is 1.47 bits per heavy atom. The van der Waals surface area contributed by atoms with Crippen LogP contribution < -0.4 is 5.73 Å². The van der Waals surface area contributed by atoms with Gasteiger partial charge in [0.2, 0.25) is 0 Å². The van der Waals surface area contributed by atoms with Gasteiger partial charge in [0.15, 0.2) is 0 Å². The summed E-state index contributed by atoms with van der Waals surface area (Å²) in [5, 5.41) is 8.81. The van der Waals surface area contributed by atoms with E-state index in [2.05, 4.69) is 13.8 Å². The zero-order chi connectivity index (χ0) is 11.5. The molecule has 3 N–H and O–H groups in total. The van der Waals surface area contributed by atoms with E-state index < -0.39 is 12.0 Å². The van der Waals surface area contributed by atoms with Crippen molar-refractivity contribution in [1.29, 1.82) is 0 Å². The van der Waals surface area contributed by atoms with Crippen LogP contribution in [0.2, 0.25) is 0 Å². The summed E-state index contributed by atoms with van der Waals surface area (Å²) >= 11 is 0. The molecule has 3 nitrogen and oxygen atoms in total. The van der Waals surface area contributed by atoms with Gasteiger partial charge in [0.05, 0.1) is 0 Å². The van der Waals surface area contributed by atoms with Crippen molar-refractivity contribution in [2.75, 3.05) is 0 Å². The second kappa shape index (κ2) is 4.97. The van der Waals surface area contributed by atoms with Gasteiger partial charge in [0, 0.05) is 0 Å². The Kier molecular flexibility index (Phi) is 4.14. The Balaban J connectivity index is 2.57. The van der Waals surface area contributed by atoms with Gasteiger partial charge in [-0.1, -0.05) is 33.1 Å². The first-order valence-electron chi connectivity index (χ1n) is 6.00. The van der Waals surface area contributed by atoms with Crippen molar-refractivity contribution in [3.05, 3.63) is 0 Å². The number of carboxylic acids is 1. The van der Waals surface area contributed by atoms with Gasteiger partial charge in [-0.15, -0.1) is 0 Å². The van der Waals surface area contributed by atoms with E-state index in [9.17, 15) is 4.79 Å². The first-order valence-corrected chi connectivity index (χ1v) is 6.00. The number of carboxylic acid groups (broad SMARTS) is 1. The summed E-state index contributed by atoms with van der Waals surface area (Å²) in [7, 11) is 0. The highest BCUT2D eigenvalue weighted by Crippen LogP contribution is 2.48. The summed E-state index contributed by atoms with van der Waals surface area (Å²) in [4.78, 5) is 10.7. The van der Waals surface area contributed by atoms with Gasteiger partial charge < -0.3 is 10.8 Å². The van der Waals surface area contributed by atoms with Crippen LogP contribution in [0.3, 0.4) is 0 Å². The first-order chi connectivity index (χ1) is 7.02. The van der Waals surface area contributed by atoms with Crippen LogP contribution in [0.1, 0.15) is 52.4 Å². The van der Waals surface area contributed by atoms with E-state index in [0.717, 1.165) is 6.42 Å². The molecular formula is C12H23NO2. The molecule has 1 aliphatic carbocycles. The third-order valence-electron chi connectivity index (χ3n) is 4.27. The molecule has 0 saturated heterocycles. The van der Waals surface area contributed by atoms with Crippen LogP contribution in [0.15, 0.2) is 0 Å². The minimum absolute atomic E-state index is 0.368. The summed E-state index contributed by atoms with van der Waals surface area (Å²) in [6.07, 6.45) is 6.85. The van der Waals surface area contributed by atoms with E-state index in [4.69, 9.17) is 10.8 Å². The molecule has 0 heterocycles. The topological polar surface area (TPSA) is 63.3 Å². The number of nitrogens with two attached hydrogens (primary N) is 1. The van der Waals surface area contributed by atoms with E-state index in [1.54, 1.807) is 0 Å². The maximum atomic E-state index is 10.7. The molecular weight excluding hydrogens is 190 g/mol. The summed E-state index contributed by atoms with van der Waals surface area (Å²) in [6, 6.07) is -0.691. The highest BCUT2D eigenvalue weighted by molar-refractivity contribution is 5.73. The predicted molar refractivity (Wildman–Crippen MR) is 60.6 cm³/mol. The zero-order valence-corrected chi connectivity index (χ0v) is 9.83. The fraction of sp³-hybridized carbons (Fsp3) is 0.917. The van der Waals surface area contributed by atoms with E-state index in [-0.39, 0.29) is 0 Å². The van der Waals surface area contributed by atoms with Crippen LogP contribution in [0.4, 0.5) is 0 Å². The molecule has 0 amide bonds. The van der Waals surface area contributed by atoms with E-state index in [1.165, 1.54) is 25.7 Å². The normalized spacial score (nSPS) is 23.7. The van der Waals surface area contributed by atoms with Crippen LogP contribution in [0.25, 0.3) is 0 Å². The maximum Gasteiger partial charge on any atom is 0.320 e. The lowest BCUT2D eigenvalue weighted by atomic mass is 9.70. The quantitative estimate of drug-likeness (QED) is 0.737. The maximum absolute atomic E-state index is 10.7. The van der Waals surface area contributed by atoms with Crippen molar-refractivity contribution in [3.63, 3.8) is 0 Å². The lowest BCUT2D eigenvalue weighted by molar-refractivity contribution is -0.139. The van der Waals surface area contributed by atoms with Gasteiger partial charge >= 0.3 is 5.97 Å². The standard InChI is InChI=1S/C12H23NO2/c1-3-12(6-4-5-7-12)9(2)8-10(13)11(14)15/h9-10H,3-8,13H2,1-2H3,(H,14,15). The van der Waals surface area contributed by atoms with Crippen molar-refractivity contribution in [2.24, 2.45) is 17.1 Å². The van der Waals surface area contributed by atoms with Crippen molar-refractivity contribution >= 4 is 5.97 Å². The molecule has 3 heteroatoms. The molecule has 88 valence electrons. The Labute approximate surface area is 92.0 Å². The molecule has 15 heavy (non-hydrogen) atoms. The van der Waals surface area contributed by atoms with Crippen LogP contribution in [-0.4, -0.2) is 17.1 Å². The molecule has 0 aromatic rings. The van der Waals surface area contributed by atoms with Gasteiger partial charge in [-0.2, -0.15) is 0 Å². The van der Waals surface area contributed by atoms with E-state index in [0.29, 0.717) is 17.8 Å². The highest BCUT2D eigenvalue weighted by atomic mass is 16.4. The Hall–Kier alpha value is -0.570. The Bertz CT molecular complexity index is 222. The summed E-state index contributed by atoms with van der Waals surface area (Å²) < 4.78 is 0. The van der Waals surface area contributed by atoms with E-state index in [1.807, 2.05) is 0 Å². The molecule has 0 spiro atoms. The largest absolute Gasteiger partial charge is 0.480 e. The fourth-order valence-corrected chi connectivity index (χ4v) is 3.01. The Morgan fingerprint density at radius 2 is 2.00 bits per heavy atom. The summed E-state index contributed by atoms with van der Waals surface area (Å²) in [5.74, 6) is -0.442. The van der Waals surface area contributed by atoms with Gasteiger partial charge in [-0.05, 0) is 30.6 Å². The van der Waals surface area contributed by atoms with Crippen molar-refractivity contribution in [1.82, 2.24) is 0 Å². The first kappa shape index (κ1) is 12.5. The highest BCUT2D eigenvalue weighted by Gasteiger charge is 2.38. The molecule has 1 saturated carbocycles. The third kappa shape index (κ3) is 2.71. The predicted octanol–water partition coefficient (Wildman–Crippen LogP) is 2.39. The molecule has 0 radical (unpaired) electrons. The molecule has 2 unspecified atom stereocenters. The number of aliphatic carboxylic acids is 1. The average molecular weight is 213 g/mol. The number of hydrogen-bond donors (Lipinski definition) is 2. The van der Waals surface area contributed by atoms with Crippen LogP contribution >= 0.6 is 0 Å². The van der Waals surface area contributed by atoms with E-state index >= 15 is 0 Å². The Morgan fingerprint density at radius 3 is 2.40 bits per heavy atom. The van der Waals surface area contributed by atoms with Gasteiger partial charge in [0.25, 0.3) is 0 Å². The smallest absolute Gasteiger partial charge is 0.320 e. The van der Waals surface area contributed by atoms with Crippen molar-refractivity contribution < 1.29 is 9.90 Å². The SMILES string of the molecule is CCC1(C(C)CC(N)C(=O)O)CCCC1. The summed E-state index contributed by atoms with van der Waals surface area (Å²) in [6.45, 7) is 4.38. The monoisotopic (exact) mass is 213 g/mol. The molecule has 0 aromatic heterocycles. The molecule has 0 bridgehead atoms. The molecule has 1 rings (SSSR count). The molecule has 0 aromatic carbocycles. The molecule has 1 aliphatic rings. The number of rotatable bonds is 5. The second-order valence-corrected chi connectivity index (χ2v) is 5.00. The van der Waals surface area contributed by atoms with Crippen LogP contribution in [0, 0.1) is 11.3 Å². The molecule has 2 atom stereocenters. The lowest BCUT2D eigenvalue weighted by Gasteiger charge is -2.35. The van der Waals surface area contributed by atoms with Gasteiger partial charge in [-0.3, -0.25) is 4.79 Å². The minimum atomic E-state index is -0.869. The average Bonchev–Trinajstić information content (AvgIpc) is 2.66. The fourth-order valence-electron chi connectivity index (χ4n) is 3.01. The zero-order valence-electron chi connectivity index (χ0n) is 9.83. The molecule has 1 fully saturated rings. The van der Waals surface area contributed by atoms with Crippen molar-refractivity contribution in [2.45, 2.75) is 58.4 Å². The van der Waals surface area contributed by atoms with Crippen LogP contribution in [-0.2, 0) is 4.79 Å². The summed E-state index contributed by atoms with van der Waals surface area (Å²) in [5.41, 5.74) is 5.97. The molecule has 0 aliphatic heterocycles. The minimum Gasteiger partial charge on any atom is -0.480 e. The third-order valence-corrected chi connectivity index (χ3v) is 4.27. The lowest BCUT2D eigenvalue weighted by Crippen LogP contribution is -2.36. The van der Waals surface area contributed by atoms with Crippen molar-refractivity contribution in [3.8, 4) is 0 Å². The number of hydrogen-bond acceptors (Lipinski definition) is 2. The van der Waals surface area contributed by atoms with Gasteiger partial charge in [0.1, 0.15) is 6.04 Å².